The molecule has 0 spiro atoms. The molecule has 2 aromatic rings. The van der Waals surface area contributed by atoms with Crippen molar-refractivity contribution >= 4 is 23.1 Å². The van der Waals surface area contributed by atoms with Crippen LogP contribution in [0.2, 0.25) is 0 Å². The van der Waals surface area contributed by atoms with Crippen LogP contribution in [0.15, 0.2) is 23.0 Å². The number of hydrogen-bond donors (Lipinski definition) is 0. The fourth-order valence-corrected chi connectivity index (χ4v) is 2.75. The fourth-order valence-electron chi connectivity index (χ4n) is 2.75. The van der Waals surface area contributed by atoms with E-state index < -0.39 is 0 Å². The molecule has 136 valence electrons. The van der Waals surface area contributed by atoms with E-state index in [1.165, 1.54) is 4.57 Å². The lowest BCUT2D eigenvalue weighted by atomic mass is 10.1. The average Bonchev–Trinajstić information content (AvgIpc) is 2.61. The van der Waals surface area contributed by atoms with Crippen molar-refractivity contribution in [1.82, 2.24) is 4.57 Å². The largest absolute Gasteiger partial charge is 0.489 e. The highest BCUT2D eigenvalue weighted by Crippen LogP contribution is 2.34. The zero-order valence-corrected chi connectivity index (χ0v) is 15.4. The summed E-state index contributed by atoms with van der Waals surface area (Å²) in [6.07, 6.45) is 4.24. The Kier molecular flexibility index (Phi) is 6.44. The molecule has 0 bridgehead atoms. The Labute approximate surface area is 148 Å². The number of carbonyl (C=O) groups is 1. The van der Waals surface area contributed by atoms with Gasteiger partial charge in [0.05, 0.1) is 12.1 Å². The number of nitrogens with zero attached hydrogens (tertiary/aromatic N) is 2. The maximum absolute atomic E-state index is 12.6. The van der Waals surface area contributed by atoms with Crippen LogP contribution in [0, 0.1) is 0 Å². The van der Waals surface area contributed by atoms with Crippen molar-refractivity contribution in [2.75, 3.05) is 25.6 Å². The van der Waals surface area contributed by atoms with Gasteiger partial charge in [-0.2, -0.15) is 0 Å². The van der Waals surface area contributed by atoms with E-state index in [1.807, 2.05) is 37.2 Å². The van der Waals surface area contributed by atoms with Crippen LogP contribution in [0.25, 0.3) is 10.9 Å². The minimum absolute atomic E-state index is 0.0573. The molecule has 0 aliphatic rings. The van der Waals surface area contributed by atoms with Gasteiger partial charge in [-0.15, -0.1) is 0 Å². The minimum atomic E-state index is -0.390. The number of anilines is 1. The normalized spacial score (nSPS) is 10.7. The van der Waals surface area contributed by atoms with Gasteiger partial charge >= 0.3 is 0 Å². The lowest BCUT2D eigenvalue weighted by Crippen LogP contribution is -2.21. The predicted molar refractivity (Wildman–Crippen MR) is 99.8 cm³/mol. The Morgan fingerprint density at radius 3 is 2.56 bits per heavy atom. The van der Waals surface area contributed by atoms with Gasteiger partial charge in [0.1, 0.15) is 0 Å². The summed E-state index contributed by atoms with van der Waals surface area (Å²) in [5.74, 6) is 0.282. The molecule has 1 aromatic carbocycles. The maximum Gasteiger partial charge on any atom is 0.298 e. The number of carbonyl (C=O) groups excluding carboxylic acids is 1. The van der Waals surface area contributed by atoms with Crippen LogP contribution in [-0.2, 0) is 11.8 Å². The molecule has 1 aromatic heterocycles. The smallest absolute Gasteiger partial charge is 0.298 e. The van der Waals surface area contributed by atoms with E-state index >= 15 is 0 Å². The summed E-state index contributed by atoms with van der Waals surface area (Å²) >= 11 is 0. The second kappa shape index (κ2) is 8.55. The van der Waals surface area contributed by atoms with Gasteiger partial charge in [-0.25, -0.2) is 0 Å². The van der Waals surface area contributed by atoms with Gasteiger partial charge in [0.2, 0.25) is 5.75 Å². The molecule has 0 aliphatic heterocycles. The third kappa shape index (κ3) is 4.13. The van der Waals surface area contributed by atoms with Crippen molar-refractivity contribution < 1.29 is 14.3 Å². The van der Waals surface area contributed by atoms with Gasteiger partial charge in [0.15, 0.2) is 5.75 Å². The second-order valence-electron chi connectivity index (χ2n) is 6.24. The molecule has 0 atom stereocenters. The zero-order chi connectivity index (χ0) is 18.4. The summed E-state index contributed by atoms with van der Waals surface area (Å²) in [6, 6.07) is 5.76. The van der Waals surface area contributed by atoms with E-state index in [-0.39, 0.29) is 17.8 Å². The van der Waals surface area contributed by atoms with E-state index in [4.69, 9.17) is 9.47 Å². The number of fused-ring (bicyclic) bond motifs is 1. The third-order valence-electron chi connectivity index (χ3n) is 4.22. The summed E-state index contributed by atoms with van der Waals surface area (Å²) in [5, 5.41) is 0.750. The number of unbranched alkanes of at least 4 members (excludes halogenated alkanes) is 3. The van der Waals surface area contributed by atoms with Crippen molar-refractivity contribution in [3.63, 3.8) is 0 Å². The highest BCUT2D eigenvalue weighted by Gasteiger charge is 2.19. The van der Waals surface area contributed by atoms with Crippen molar-refractivity contribution in [3.05, 3.63) is 28.6 Å². The zero-order valence-electron chi connectivity index (χ0n) is 15.4. The molecule has 0 unspecified atom stereocenters. The predicted octanol–water partition coefficient (Wildman–Crippen LogP) is 3.10. The monoisotopic (exact) mass is 346 g/mol. The molecule has 25 heavy (non-hydrogen) atoms. The number of ether oxygens (including phenoxy) is 2. The van der Waals surface area contributed by atoms with Crippen molar-refractivity contribution in [3.8, 4) is 11.5 Å². The number of hydrogen-bond acceptors (Lipinski definition) is 5. The van der Waals surface area contributed by atoms with Crippen molar-refractivity contribution in [2.24, 2.45) is 7.05 Å². The fraction of sp³-hybridized carbons (Fsp3) is 0.474. The lowest BCUT2D eigenvalue weighted by Gasteiger charge is -2.18. The molecule has 1 heterocycles. The summed E-state index contributed by atoms with van der Waals surface area (Å²) < 4.78 is 12.3. The van der Waals surface area contributed by atoms with E-state index in [1.54, 1.807) is 7.05 Å². The SMILES string of the molecule is CCCCCCOc1c(OC=O)c(=O)n(C)c2cc(N(C)C)ccc12. The number of rotatable bonds is 9. The molecule has 6 nitrogen and oxygen atoms in total. The quantitative estimate of drug-likeness (QED) is 0.516. The Bertz CT molecular complexity index is 796. The average molecular weight is 346 g/mol. The number of pyridine rings is 1. The summed E-state index contributed by atoms with van der Waals surface area (Å²) in [5.41, 5.74) is 1.32. The molecular formula is C19H26N2O4. The van der Waals surface area contributed by atoms with E-state index in [0.29, 0.717) is 12.4 Å². The number of aryl methyl sites for hydroxylation is 1. The van der Waals surface area contributed by atoms with Crippen LogP contribution in [-0.4, -0.2) is 31.7 Å². The first-order valence-corrected chi connectivity index (χ1v) is 8.58. The standard InChI is InChI=1S/C19H26N2O4/c1-5-6-7-8-11-24-17-15-10-9-14(20(2)3)12-16(15)21(4)19(23)18(17)25-13-22/h9-10,12-13H,5-8,11H2,1-4H3. The van der Waals surface area contributed by atoms with Crippen molar-refractivity contribution in [2.45, 2.75) is 32.6 Å². The van der Waals surface area contributed by atoms with Gasteiger partial charge in [-0.3, -0.25) is 9.59 Å². The Hall–Kier alpha value is -2.50. The highest BCUT2D eigenvalue weighted by molar-refractivity contribution is 5.90. The Morgan fingerprint density at radius 2 is 1.92 bits per heavy atom. The van der Waals surface area contributed by atoms with Crippen LogP contribution < -0.4 is 19.9 Å². The van der Waals surface area contributed by atoms with Crippen LogP contribution in [0.5, 0.6) is 11.5 Å². The molecule has 6 heteroatoms. The summed E-state index contributed by atoms with van der Waals surface area (Å²) in [4.78, 5) is 25.4. The first-order chi connectivity index (χ1) is 12.0. The van der Waals surface area contributed by atoms with Gasteiger partial charge in [0, 0.05) is 32.2 Å². The molecule has 0 saturated heterocycles. The third-order valence-corrected chi connectivity index (χ3v) is 4.22. The van der Waals surface area contributed by atoms with E-state index in [0.717, 1.165) is 42.3 Å². The molecule has 0 aliphatic carbocycles. The first kappa shape index (κ1) is 18.8. The van der Waals surface area contributed by atoms with Crippen molar-refractivity contribution in [1.29, 1.82) is 0 Å². The molecule has 0 amide bonds. The summed E-state index contributed by atoms with van der Waals surface area (Å²) in [6.45, 7) is 2.89. The van der Waals surface area contributed by atoms with Crippen LogP contribution >= 0.6 is 0 Å². The highest BCUT2D eigenvalue weighted by atomic mass is 16.5. The second-order valence-corrected chi connectivity index (χ2v) is 6.24. The van der Waals surface area contributed by atoms with Gasteiger partial charge in [-0.05, 0) is 24.6 Å². The van der Waals surface area contributed by atoms with Gasteiger partial charge in [0.25, 0.3) is 12.0 Å². The number of benzene rings is 1. The van der Waals surface area contributed by atoms with Crippen LogP contribution in [0.4, 0.5) is 5.69 Å². The van der Waals surface area contributed by atoms with Gasteiger partial charge in [-0.1, -0.05) is 26.2 Å². The van der Waals surface area contributed by atoms with Crippen LogP contribution in [0.3, 0.4) is 0 Å². The maximum atomic E-state index is 12.6. The molecular weight excluding hydrogens is 320 g/mol. The molecule has 0 N–H and O–H groups in total. The van der Waals surface area contributed by atoms with Crippen LogP contribution in [0.1, 0.15) is 32.6 Å². The lowest BCUT2D eigenvalue weighted by molar-refractivity contribution is -0.120. The minimum Gasteiger partial charge on any atom is -0.489 e. The number of aromatic nitrogens is 1. The Balaban J connectivity index is 2.50. The molecule has 0 saturated carbocycles. The topological polar surface area (TPSA) is 60.8 Å². The van der Waals surface area contributed by atoms with E-state index in [9.17, 15) is 9.59 Å². The van der Waals surface area contributed by atoms with Gasteiger partial charge < -0.3 is 18.9 Å². The molecule has 0 radical (unpaired) electrons. The Morgan fingerprint density at radius 1 is 1.16 bits per heavy atom. The molecule has 2 rings (SSSR count). The van der Waals surface area contributed by atoms with E-state index in [2.05, 4.69) is 6.92 Å². The summed E-state index contributed by atoms with van der Waals surface area (Å²) in [7, 11) is 5.54. The first-order valence-electron chi connectivity index (χ1n) is 8.58. The molecule has 0 fully saturated rings.